The number of hydrogen-bond acceptors (Lipinski definition) is 3. The first kappa shape index (κ1) is 13.5. The Morgan fingerprint density at radius 2 is 2.38 bits per heavy atom. The van der Waals surface area contributed by atoms with Crippen molar-refractivity contribution in [1.82, 2.24) is 10.2 Å². The van der Waals surface area contributed by atoms with Crippen molar-refractivity contribution < 1.29 is 4.79 Å². The molecule has 2 unspecified atom stereocenters. The van der Waals surface area contributed by atoms with Gasteiger partial charge in [0.05, 0.1) is 0 Å². The van der Waals surface area contributed by atoms with Gasteiger partial charge in [0.15, 0.2) is 0 Å². The summed E-state index contributed by atoms with van der Waals surface area (Å²) >= 11 is 0. The normalized spacial score (nSPS) is 23.3. The van der Waals surface area contributed by atoms with Crippen LogP contribution >= 0.6 is 0 Å². The summed E-state index contributed by atoms with van der Waals surface area (Å²) in [6, 6.07) is 0.538. The Kier molecular flexibility index (Phi) is 5.77. The zero-order chi connectivity index (χ0) is 12.0. The second kappa shape index (κ2) is 6.86. The van der Waals surface area contributed by atoms with Gasteiger partial charge in [0.25, 0.3) is 0 Å². The van der Waals surface area contributed by atoms with Gasteiger partial charge < -0.3 is 16.0 Å². The maximum absolute atomic E-state index is 11.6. The number of likely N-dealkylation sites (tertiary alicyclic amines) is 1. The molecule has 4 heteroatoms. The summed E-state index contributed by atoms with van der Waals surface area (Å²) in [4.78, 5) is 13.9. The van der Waals surface area contributed by atoms with Crippen LogP contribution in [0.5, 0.6) is 0 Å². The van der Waals surface area contributed by atoms with Gasteiger partial charge in [-0.3, -0.25) is 4.79 Å². The van der Waals surface area contributed by atoms with Crippen LogP contribution in [0.3, 0.4) is 0 Å². The Hall–Kier alpha value is -0.610. The van der Waals surface area contributed by atoms with Crippen LogP contribution in [-0.4, -0.2) is 43.5 Å². The lowest BCUT2D eigenvalue weighted by Gasteiger charge is -2.19. The molecule has 16 heavy (non-hydrogen) atoms. The molecular weight excluding hydrogens is 202 g/mol. The summed E-state index contributed by atoms with van der Waals surface area (Å²) in [7, 11) is 2.13. The van der Waals surface area contributed by atoms with Gasteiger partial charge in [0.2, 0.25) is 5.91 Å². The Bertz CT molecular complexity index is 220. The minimum Gasteiger partial charge on any atom is -0.355 e. The molecule has 0 aliphatic carbocycles. The SMILES string of the molecule is CC(CN)CCC(=O)NCC1CCCN1C. The average Bonchev–Trinajstić information content (AvgIpc) is 2.69. The van der Waals surface area contributed by atoms with Gasteiger partial charge in [-0.25, -0.2) is 0 Å². The van der Waals surface area contributed by atoms with Gasteiger partial charge in [-0.1, -0.05) is 6.92 Å². The highest BCUT2D eigenvalue weighted by Crippen LogP contribution is 2.13. The quantitative estimate of drug-likeness (QED) is 0.697. The average molecular weight is 227 g/mol. The molecule has 0 spiro atoms. The molecule has 2 atom stereocenters. The van der Waals surface area contributed by atoms with E-state index in [2.05, 4.69) is 24.2 Å². The molecule has 3 N–H and O–H groups in total. The van der Waals surface area contributed by atoms with E-state index >= 15 is 0 Å². The third kappa shape index (κ3) is 4.49. The lowest BCUT2D eigenvalue weighted by Crippen LogP contribution is -2.38. The molecule has 0 saturated carbocycles. The van der Waals surface area contributed by atoms with Gasteiger partial charge in [-0.05, 0) is 45.3 Å². The molecule has 1 aliphatic heterocycles. The van der Waals surface area contributed by atoms with Crippen molar-refractivity contribution in [3.05, 3.63) is 0 Å². The number of carbonyl (C=O) groups excluding carboxylic acids is 1. The van der Waals surface area contributed by atoms with Gasteiger partial charge in [0.1, 0.15) is 0 Å². The van der Waals surface area contributed by atoms with E-state index in [4.69, 9.17) is 5.73 Å². The predicted molar refractivity (Wildman–Crippen MR) is 66.1 cm³/mol. The Labute approximate surface area is 98.6 Å². The van der Waals surface area contributed by atoms with Crippen molar-refractivity contribution >= 4 is 5.91 Å². The highest BCUT2D eigenvalue weighted by atomic mass is 16.1. The summed E-state index contributed by atoms with van der Waals surface area (Å²) in [5, 5.41) is 3.01. The molecule has 0 aromatic rings. The number of nitrogens with zero attached hydrogens (tertiary/aromatic N) is 1. The molecule has 0 bridgehead atoms. The molecule has 0 radical (unpaired) electrons. The van der Waals surface area contributed by atoms with E-state index in [-0.39, 0.29) is 5.91 Å². The number of nitrogens with one attached hydrogen (secondary N) is 1. The topological polar surface area (TPSA) is 58.4 Å². The summed E-state index contributed by atoms with van der Waals surface area (Å²) < 4.78 is 0. The largest absolute Gasteiger partial charge is 0.355 e. The van der Waals surface area contributed by atoms with Crippen LogP contribution in [-0.2, 0) is 4.79 Å². The smallest absolute Gasteiger partial charge is 0.220 e. The molecule has 4 nitrogen and oxygen atoms in total. The highest BCUT2D eigenvalue weighted by molar-refractivity contribution is 5.75. The van der Waals surface area contributed by atoms with Gasteiger partial charge in [0, 0.05) is 19.0 Å². The first-order valence-electron chi connectivity index (χ1n) is 6.30. The van der Waals surface area contributed by atoms with Crippen molar-refractivity contribution in [1.29, 1.82) is 0 Å². The van der Waals surface area contributed by atoms with E-state index in [0.717, 1.165) is 19.5 Å². The Balaban J connectivity index is 2.10. The number of hydrogen-bond donors (Lipinski definition) is 2. The third-order valence-corrected chi connectivity index (χ3v) is 3.47. The van der Waals surface area contributed by atoms with E-state index in [0.29, 0.717) is 24.9 Å². The van der Waals surface area contributed by atoms with E-state index in [1.165, 1.54) is 12.8 Å². The first-order valence-corrected chi connectivity index (χ1v) is 6.30. The number of rotatable bonds is 6. The fourth-order valence-corrected chi connectivity index (χ4v) is 2.05. The molecule has 94 valence electrons. The molecule has 1 amide bonds. The second-order valence-corrected chi connectivity index (χ2v) is 4.96. The second-order valence-electron chi connectivity index (χ2n) is 4.96. The molecule has 1 saturated heterocycles. The molecular formula is C12H25N3O. The van der Waals surface area contributed by atoms with Crippen LogP contribution in [0, 0.1) is 5.92 Å². The molecule has 0 aromatic carbocycles. The third-order valence-electron chi connectivity index (χ3n) is 3.47. The monoisotopic (exact) mass is 227 g/mol. The van der Waals surface area contributed by atoms with E-state index < -0.39 is 0 Å². The van der Waals surface area contributed by atoms with Gasteiger partial charge >= 0.3 is 0 Å². The predicted octanol–water partition coefficient (Wildman–Crippen LogP) is 0.572. The standard InChI is InChI=1S/C12H25N3O/c1-10(8-13)5-6-12(16)14-9-11-4-3-7-15(11)2/h10-11H,3-9,13H2,1-2H3,(H,14,16). The molecule has 1 rings (SSSR count). The summed E-state index contributed by atoms with van der Waals surface area (Å²) in [5.74, 6) is 0.612. The zero-order valence-electron chi connectivity index (χ0n) is 10.5. The number of nitrogens with two attached hydrogens (primary N) is 1. The highest BCUT2D eigenvalue weighted by Gasteiger charge is 2.20. The number of amides is 1. The Morgan fingerprint density at radius 1 is 1.62 bits per heavy atom. The first-order chi connectivity index (χ1) is 7.63. The number of likely N-dealkylation sites (N-methyl/N-ethyl adjacent to an activating group) is 1. The van der Waals surface area contributed by atoms with Crippen molar-refractivity contribution in [3.8, 4) is 0 Å². The lowest BCUT2D eigenvalue weighted by molar-refractivity contribution is -0.121. The summed E-state index contributed by atoms with van der Waals surface area (Å²) in [6.07, 6.45) is 3.95. The van der Waals surface area contributed by atoms with Crippen LogP contribution in [0.25, 0.3) is 0 Å². The fourth-order valence-electron chi connectivity index (χ4n) is 2.05. The van der Waals surface area contributed by atoms with Gasteiger partial charge in [-0.15, -0.1) is 0 Å². The number of carbonyl (C=O) groups is 1. The van der Waals surface area contributed by atoms with Crippen molar-refractivity contribution in [2.24, 2.45) is 11.7 Å². The molecule has 1 aliphatic rings. The molecule has 1 fully saturated rings. The summed E-state index contributed by atoms with van der Waals surface area (Å²) in [6.45, 7) is 4.70. The van der Waals surface area contributed by atoms with Crippen LogP contribution in [0.4, 0.5) is 0 Å². The molecule has 1 heterocycles. The fraction of sp³-hybridized carbons (Fsp3) is 0.917. The van der Waals surface area contributed by atoms with Crippen molar-refractivity contribution in [3.63, 3.8) is 0 Å². The van der Waals surface area contributed by atoms with Crippen LogP contribution < -0.4 is 11.1 Å². The summed E-state index contributed by atoms with van der Waals surface area (Å²) in [5.41, 5.74) is 5.51. The van der Waals surface area contributed by atoms with E-state index in [9.17, 15) is 4.79 Å². The maximum Gasteiger partial charge on any atom is 0.220 e. The van der Waals surface area contributed by atoms with Crippen molar-refractivity contribution in [2.45, 2.75) is 38.6 Å². The van der Waals surface area contributed by atoms with E-state index in [1.807, 2.05) is 0 Å². The molecule has 0 aromatic heterocycles. The lowest BCUT2D eigenvalue weighted by atomic mass is 10.1. The minimum atomic E-state index is 0.167. The minimum absolute atomic E-state index is 0.167. The zero-order valence-corrected chi connectivity index (χ0v) is 10.5. The van der Waals surface area contributed by atoms with E-state index in [1.54, 1.807) is 0 Å². The van der Waals surface area contributed by atoms with Crippen molar-refractivity contribution in [2.75, 3.05) is 26.7 Å². The maximum atomic E-state index is 11.6. The van der Waals surface area contributed by atoms with Crippen LogP contribution in [0.1, 0.15) is 32.6 Å². The van der Waals surface area contributed by atoms with Gasteiger partial charge in [-0.2, -0.15) is 0 Å². The Morgan fingerprint density at radius 3 is 2.94 bits per heavy atom. The van der Waals surface area contributed by atoms with Crippen LogP contribution in [0.2, 0.25) is 0 Å². The van der Waals surface area contributed by atoms with Crippen LogP contribution in [0.15, 0.2) is 0 Å².